The molecule has 8 heteroatoms. The average molecular weight is 268 g/mol. The molecule has 0 aliphatic carbocycles. The Morgan fingerprint density at radius 1 is 1.38 bits per heavy atom. The minimum absolute atomic E-state index is 0.0250. The molecule has 0 N–H and O–H groups in total. The van der Waals surface area contributed by atoms with Crippen LogP contribution < -0.4 is 0 Å². The summed E-state index contributed by atoms with van der Waals surface area (Å²) in [6, 6.07) is 3.40. The minimum atomic E-state index is -4.09. The van der Waals surface area contributed by atoms with Crippen molar-refractivity contribution in [2.45, 2.75) is 11.6 Å². The third-order valence-corrected chi connectivity index (χ3v) is 2.84. The number of fused-ring (bicyclic) bond motifs is 1. The summed E-state index contributed by atoms with van der Waals surface area (Å²) >= 11 is 0. The lowest BCUT2D eigenvalue weighted by Crippen LogP contribution is -1.89. The molecule has 2 aromatic rings. The molecule has 1 aromatic heterocycles. The van der Waals surface area contributed by atoms with E-state index in [0.717, 1.165) is 12.1 Å². The third-order valence-electron chi connectivity index (χ3n) is 1.85. The fraction of sp³-hybridized carbons (Fsp3) is 0.125. The monoisotopic (exact) mass is 267 g/mol. The molecule has 16 heavy (non-hydrogen) atoms. The predicted molar refractivity (Wildman–Crippen MR) is 52.0 cm³/mol. The number of benzene rings is 1. The van der Waals surface area contributed by atoms with Crippen molar-refractivity contribution in [1.82, 2.24) is 4.98 Å². The summed E-state index contributed by atoms with van der Waals surface area (Å²) in [5, 5.41) is -0.699. The second-order valence-corrected chi connectivity index (χ2v) is 5.39. The summed E-state index contributed by atoms with van der Waals surface area (Å²) in [4.78, 5) is 3.51. The van der Waals surface area contributed by atoms with Gasteiger partial charge in [-0.3, -0.25) is 0 Å². The number of aromatic nitrogens is 1. The maximum atomic E-state index is 12.3. The lowest BCUT2D eigenvalue weighted by Gasteiger charge is -1.96. The Bertz CT molecular complexity index is 638. The van der Waals surface area contributed by atoms with Crippen molar-refractivity contribution in [1.29, 1.82) is 0 Å². The number of nitrogens with zero attached hydrogens (tertiary/aromatic N) is 1. The zero-order chi connectivity index (χ0) is 11.9. The molecule has 2 rings (SSSR count). The molecular weight excluding hydrogens is 264 g/mol. The van der Waals surface area contributed by atoms with Gasteiger partial charge in [-0.15, -0.1) is 0 Å². The van der Waals surface area contributed by atoms with Crippen molar-refractivity contribution in [2.75, 3.05) is 0 Å². The number of hydrogen-bond acceptors (Lipinski definition) is 4. The van der Waals surface area contributed by atoms with Crippen molar-refractivity contribution in [3.63, 3.8) is 0 Å². The summed E-state index contributed by atoms with van der Waals surface area (Å²) < 4.78 is 51.2. The Morgan fingerprint density at radius 2 is 2.06 bits per heavy atom. The molecule has 1 aromatic carbocycles. The van der Waals surface area contributed by atoms with Gasteiger partial charge in [0, 0.05) is 16.2 Å². The van der Waals surface area contributed by atoms with Crippen LogP contribution in [0.2, 0.25) is 0 Å². The van der Waals surface area contributed by atoms with E-state index >= 15 is 0 Å². The molecule has 0 saturated heterocycles. The molecule has 0 atom stereocenters. The maximum absolute atomic E-state index is 12.3. The fourth-order valence-electron chi connectivity index (χ4n) is 1.16. The smallest absolute Gasteiger partial charge is 0.332 e. The normalized spacial score (nSPS) is 12.5. The summed E-state index contributed by atoms with van der Waals surface area (Å²) in [5.41, 5.74) is -0.153. The maximum Gasteiger partial charge on any atom is 0.332 e. The molecule has 4 nitrogen and oxygen atoms in total. The highest BCUT2D eigenvalue weighted by molar-refractivity contribution is 8.13. The van der Waals surface area contributed by atoms with Crippen LogP contribution in [0.5, 0.6) is 0 Å². The predicted octanol–water partition coefficient (Wildman–Crippen LogP) is 2.69. The summed E-state index contributed by atoms with van der Waals surface area (Å²) in [7, 11) is 0.909. The van der Waals surface area contributed by atoms with E-state index < -0.39 is 20.7 Å². The number of oxazole rings is 1. The highest BCUT2D eigenvalue weighted by atomic mass is 35.7. The van der Waals surface area contributed by atoms with Crippen LogP contribution in [0.4, 0.5) is 8.78 Å². The molecule has 86 valence electrons. The fourth-order valence-corrected chi connectivity index (χ4v) is 1.76. The number of alkyl halides is 2. The van der Waals surface area contributed by atoms with Crippen LogP contribution >= 0.6 is 10.7 Å². The van der Waals surface area contributed by atoms with E-state index in [4.69, 9.17) is 15.1 Å². The van der Waals surface area contributed by atoms with Crippen LogP contribution in [0.1, 0.15) is 12.0 Å². The first-order chi connectivity index (χ1) is 7.38. The summed E-state index contributed by atoms with van der Waals surface area (Å²) in [6.07, 6.45) is -2.66. The van der Waals surface area contributed by atoms with Crippen molar-refractivity contribution in [3.05, 3.63) is 23.8 Å². The minimum Gasteiger partial charge on any atom is -0.427 e. The highest BCUT2D eigenvalue weighted by Gasteiger charge is 2.19. The van der Waals surface area contributed by atoms with Gasteiger partial charge in [0.15, 0.2) is 5.58 Å². The van der Waals surface area contributed by atoms with Gasteiger partial charge in [0.2, 0.25) is 0 Å². The van der Waals surface area contributed by atoms with Crippen LogP contribution in [0.3, 0.4) is 0 Å². The molecule has 0 aliphatic rings. The SMILES string of the molecule is O=S(=O)(Cl)c1nc2cc(C(F)F)ccc2o1. The van der Waals surface area contributed by atoms with Gasteiger partial charge < -0.3 is 4.42 Å². The van der Waals surface area contributed by atoms with E-state index in [9.17, 15) is 17.2 Å². The van der Waals surface area contributed by atoms with Gasteiger partial charge in [0.25, 0.3) is 6.43 Å². The molecule has 0 unspecified atom stereocenters. The second kappa shape index (κ2) is 3.67. The van der Waals surface area contributed by atoms with E-state index in [2.05, 4.69) is 4.98 Å². The molecule has 0 amide bonds. The number of hydrogen-bond donors (Lipinski definition) is 0. The van der Waals surface area contributed by atoms with Gasteiger partial charge >= 0.3 is 14.3 Å². The standard InChI is InChI=1S/C8H4ClF2NO3S/c9-16(13,14)8-12-5-3-4(7(10)11)1-2-6(5)15-8/h1-3,7H. The summed E-state index contributed by atoms with van der Waals surface area (Å²) in [6.45, 7) is 0. The lowest BCUT2D eigenvalue weighted by atomic mass is 10.2. The Hall–Kier alpha value is -1.21. The van der Waals surface area contributed by atoms with Crippen LogP contribution in [-0.2, 0) is 9.05 Å². The van der Waals surface area contributed by atoms with E-state index in [1.165, 1.54) is 6.07 Å². The molecule has 0 aliphatic heterocycles. The van der Waals surface area contributed by atoms with E-state index in [0.29, 0.717) is 0 Å². The first kappa shape index (κ1) is 11.3. The van der Waals surface area contributed by atoms with E-state index in [1.54, 1.807) is 0 Å². The van der Waals surface area contributed by atoms with Crippen LogP contribution in [0.25, 0.3) is 11.1 Å². The number of rotatable bonds is 2. The highest BCUT2D eigenvalue weighted by Crippen LogP contribution is 2.26. The number of halogens is 3. The lowest BCUT2D eigenvalue weighted by molar-refractivity contribution is 0.151. The summed E-state index contributed by atoms with van der Waals surface area (Å²) in [5.74, 6) is 0. The first-order valence-corrected chi connectivity index (χ1v) is 6.32. The topological polar surface area (TPSA) is 60.2 Å². The van der Waals surface area contributed by atoms with Crippen molar-refractivity contribution in [2.24, 2.45) is 0 Å². The molecule has 0 bridgehead atoms. The van der Waals surface area contributed by atoms with E-state index in [1.807, 2.05) is 0 Å². The molecule has 0 radical (unpaired) electrons. The van der Waals surface area contributed by atoms with Gasteiger partial charge in [0.05, 0.1) is 0 Å². The third kappa shape index (κ3) is 2.00. The molecule has 0 saturated carbocycles. The Morgan fingerprint density at radius 3 is 2.62 bits per heavy atom. The van der Waals surface area contributed by atoms with Gasteiger partial charge in [-0.1, -0.05) is 0 Å². The zero-order valence-electron chi connectivity index (χ0n) is 7.52. The Kier molecular flexibility index (Phi) is 2.59. The molecular formula is C8H4ClF2NO3S. The molecule has 1 heterocycles. The zero-order valence-corrected chi connectivity index (χ0v) is 9.10. The van der Waals surface area contributed by atoms with Crippen molar-refractivity contribution in [3.8, 4) is 0 Å². The van der Waals surface area contributed by atoms with Gasteiger partial charge in [-0.2, -0.15) is 4.98 Å². The van der Waals surface area contributed by atoms with Gasteiger partial charge in [-0.05, 0) is 18.2 Å². The largest absolute Gasteiger partial charge is 0.427 e. The van der Waals surface area contributed by atoms with Crippen LogP contribution in [0, 0.1) is 0 Å². The second-order valence-electron chi connectivity index (χ2n) is 2.95. The van der Waals surface area contributed by atoms with Crippen molar-refractivity contribution >= 4 is 30.8 Å². The molecule has 0 spiro atoms. The average Bonchev–Trinajstić information content (AvgIpc) is 2.58. The first-order valence-electron chi connectivity index (χ1n) is 4.01. The van der Waals surface area contributed by atoms with Crippen molar-refractivity contribution < 1.29 is 21.6 Å². The quantitative estimate of drug-likeness (QED) is 0.785. The Balaban J connectivity index is 2.63. The van der Waals surface area contributed by atoms with Crippen LogP contribution in [-0.4, -0.2) is 13.4 Å². The van der Waals surface area contributed by atoms with Gasteiger partial charge in [-0.25, -0.2) is 17.2 Å². The van der Waals surface area contributed by atoms with Gasteiger partial charge in [0.1, 0.15) is 5.52 Å². The molecule has 0 fully saturated rings. The van der Waals surface area contributed by atoms with Crippen LogP contribution in [0.15, 0.2) is 27.8 Å². The van der Waals surface area contributed by atoms with E-state index in [-0.39, 0.29) is 16.7 Å². The Labute approximate surface area is 93.3 Å².